The van der Waals surface area contributed by atoms with E-state index < -0.39 is 11.9 Å². The third-order valence-electron chi connectivity index (χ3n) is 4.72. The molecular weight excluding hydrogens is 444 g/mol. The standard InChI is InChI=1S/C21H23F2N3O3S2/c1-10(2)26-19(28)16-11(3)12(4)30-18(16)25-21(26)31-13(5)17(27)24-14-6-8-15(9-7-14)29-20(22)23/h6-10,13,20H,1-5H3,(H,24,27). The fourth-order valence-electron chi connectivity index (χ4n) is 3.00. The van der Waals surface area contributed by atoms with Gasteiger partial charge in [0, 0.05) is 16.6 Å². The van der Waals surface area contributed by atoms with E-state index >= 15 is 0 Å². The van der Waals surface area contributed by atoms with Crippen molar-refractivity contribution in [3.8, 4) is 5.75 Å². The average molecular weight is 468 g/mol. The van der Waals surface area contributed by atoms with Crippen LogP contribution in [0.5, 0.6) is 5.75 Å². The van der Waals surface area contributed by atoms with E-state index in [1.54, 1.807) is 11.5 Å². The Morgan fingerprint density at radius 2 is 1.84 bits per heavy atom. The number of anilines is 1. The van der Waals surface area contributed by atoms with Crippen LogP contribution in [0.2, 0.25) is 0 Å². The number of thioether (sulfide) groups is 1. The van der Waals surface area contributed by atoms with Crippen molar-refractivity contribution < 1.29 is 18.3 Å². The zero-order valence-electron chi connectivity index (χ0n) is 17.7. The maximum Gasteiger partial charge on any atom is 0.387 e. The highest BCUT2D eigenvalue weighted by Gasteiger charge is 2.22. The van der Waals surface area contributed by atoms with Crippen molar-refractivity contribution in [3.05, 3.63) is 45.1 Å². The molecule has 0 aliphatic heterocycles. The number of aryl methyl sites for hydroxylation is 2. The molecule has 3 rings (SSSR count). The first-order chi connectivity index (χ1) is 14.6. The second kappa shape index (κ2) is 9.35. The molecule has 0 saturated heterocycles. The van der Waals surface area contributed by atoms with E-state index in [9.17, 15) is 18.4 Å². The first kappa shape index (κ1) is 23.2. The smallest absolute Gasteiger partial charge is 0.387 e. The number of benzene rings is 1. The largest absolute Gasteiger partial charge is 0.435 e. The summed E-state index contributed by atoms with van der Waals surface area (Å²) < 4.78 is 30.4. The maximum absolute atomic E-state index is 13.1. The van der Waals surface area contributed by atoms with Gasteiger partial charge in [0.2, 0.25) is 5.91 Å². The van der Waals surface area contributed by atoms with Crippen molar-refractivity contribution >= 4 is 44.9 Å². The number of thiophene rings is 1. The minimum absolute atomic E-state index is 0.00964. The molecule has 0 spiro atoms. The number of fused-ring (bicyclic) bond motifs is 1. The summed E-state index contributed by atoms with van der Waals surface area (Å²) in [6.07, 6.45) is 0. The number of ether oxygens (including phenoxy) is 1. The van der Waals surface area contributed by atoms with Gasteiger partial charge in [-0.2, -0.15) is 8.78 Å². The number of alkyl halides is 2. The number of halogens is 2. The molecule has 2 aromatic heterocycles. The van der Waals surface area contributed by atoms with Crippen molar-refractivity contribution in [3.63, 3.8) is 0 Å². The van der Waals surface area contributed by atoms with Gasteiger partial charge in [-0.25, -0.2) is 4.98 Å². The highest BCUT2D eigenvalue weighted by atomic mass is 32.2. The molecule has 0 bridgehead atoms. The molecule has 166 valence electrons. The van der Waals surface area contributed by atoms with Gasteiger partial charge in [-0.05, 0) is 64.4 Å². The van der Waals surface area contributed by atoms with E-state index in [4.69, 9.17) is 0 Å². The molecule has 1 unspecified atom stereocenters. The number of carbonyl (C=O) groups excluding carboxylic acids is 1. The van der Waals surface area contributed by atoms with Crippen LogP contribution in [-0.2, 0) is 4.79 Å². The van der Waals surface area contributed by atoms with Crippen LogP contribution in [0.1, 0.15) is 37.3 Å². The van der Waals surface area contributed by atoms with Gasteiger partial charge in [-0.15, -0.1) is 11.3 Å². The molecule has 10 heteroatoms. The number of nitrogens with zero attached hydrogens (tertiary/aromatic N) is 2. The Balaban J connectivity index is 1.82. The predicted octanol–water partition coefficient (Wildman–Crippen LogP) is 5.38. The van der Waals surface area contributed by atoms with E-state index in [1.807, 2.05) is 27.7 Å². The van der Waals surface area contributed by atoms with Crippen molar-refractivity contribution in [2.45, 2.75) is 57.7 Å². The number of amides is 1. The van der Waals surface area contributed by atoms with Crippen LogP contribution in [0.15, 0.2) is 34.2 Å². The number of carbonyl (C=O) groups is 1. The average Bonchev–Trinajstić information content (AvgIpc) is 2.96. The van der Waals surface area contributed by atoms with E-state index in [-0.39, 0.29) is 23.3 Å². The lowest BCUT2D eigenvalue weighted by Gasteiger charge is -2.18. The Hall–Kier alpha value is -2.46. The normalized spacial score (nSPS) is 12.5. The van der Waals surface area contributed by atoms with Crippen molar-refractivity contribution in [2.24, 2.45) is 0 Å². The topological polar surface area (TPSA) is 73.2 Å². The first-order valence-electron chi connectivity index (χ1n) is 9.63. The van der Waals surface area contributed by atoms with Crippen LogP contribution in [0.25, 0.3) is 10.2 Å². The highest BCUT2D eigenvalue weighted by molar-refractivity contribution is 8.00. The Morgan fingerprint density at radius 1 is 1.19 bits per heavy atom. The van der Waals surface area contributed by atoms with Gasteiger partial charge >= 0.3 is 6.61 Å². The van der Waals surface area contributed by atoms with Crippen LogP contribution < -0.4 is 15.6 Å². The van der Waals surface area contributed by atoms with Crippen molar-refractivity contribution in [2.75, 3.05) is 5.32 Å². The number of hydrogen-bond donors (Lipinski definition) is 1. The Labute approximate surface area is 186 Å². The van der Waals surface area contributed by atoms with E-state index in [0.29, 0.717) is 21.1 Å². The van der Waals surface area contributed by atoms with Gasteiger partial charge < -0.3 is 10.1 Å². The molecule has 31 heavy (non-hydrogen) atoms. The van der Waals surface area contributed by atoms with Crippen LogP contribution in [0.3, 0.4) is 0 Å². The number of aromatic nitrogens is 2. The molecule has 0 aliphatic carbocycles. The van der Waals surface area contributed by atoms with Crippen LogP contribution in [0, 0.1) is 13.8 Å². The van der Waals surface area contributed by atoms with Gasteiger partial charge in [0.05, 0.1) is 10.6 Å². The fraction of sp³-hybridized carbons (Fsp3) is 0.381. The summed E-state index contributed by atoms with van der Waals surface area (Å²) in [6, 6.07) is 5.56. The van der Waals surface area contributed by atoms with Crippen molar-refractivity contribution in [1.82, 2.24) is 9.55 Å². The third-order valence-corrected chi connectivity index (χ3v) is 6.89. The number of nitrogens with one attached hydrogen (secondary N) is 1. The van der Waals surface area contributed by atoms with Crippen LogP contribution in [0.4, 0.5) is 14.5 Å². The SMILES string of the molecule is Cc1sc2nc(SC(C)C(=O)Nc3ccc(OC(F)F)cc3)n(C(C)C)c(=O)c2c1C. The molecule has 0 aliphatic rings. The lowest BCUT2D eigenvalue weighted by atomic mass is 10.2. The minimum Gasteiger partial charge on any atom is -0.435 e. The summed E-state index contributed by atoms with van der Waals surface area (Å²) in [5, 5.41) is 3.30. The van der Waals surface area contributed by atoms with Crippen molar-refractivity contribution in [1.29, 1.82) is 0 Å². The van der Waals surface area contributed by atoms with E-state index in [2.05, 4.69) is 15.0 Å². The monoisotopic (exact) mass is 467 g/mol. The molecule has 3 aromatic rings. The van der Waals surface area contributed by atoms with Crippen LogP contribution >= 0.6 is 23.1 Å². The maximum atomic E-state index is 13.1. The lowest BCUT2D eigenvalue weighted by Crippen LogP contribution is -2.28. The number of rotatable bonds is 7. The molecule has 1 aromatic carbocycles. The molecule has 0 fully saturated rings. The molecule has 0 radical (unpaired) electrons. The van der Waals surface area contributed by atoms with Gasteiger partial charge in [0.1, 0.15) is 10.6 Å². The van der Waals surface area contributed by atoms with E-state index in [1.165, 1.54) is 47.4 Å². The summed E-state index contributed by atoms with van der Waals surface area (Å²) in [5.74, 6) is -0.286. The van der Waals surface area contributed by atoms with Gasteiger partial charge in [-0.1, -0.05) is 11.8 Å². The molecule has 0 saturated carbocycles. The summed E-state index contributed by atoms with van der Waals surface area (Å²) in [7, 11) is 0. The second-order valence-corrected chi connectivity index (χ2v) is 9.79. The summed E-state index contributed by atoms with van der Waals surface area (Å²) >= 11 is 2.67. The Bertz CT molecular complexity index is 1160. The highest BCUT2D eigenvalue weighted by Crippen LogP contribution is 2.31. The second-order valence-electron chi connectivity index (χ2n) is 7.28. The number of hydrogen-bond acceptors (Lipinski definition) is 6. The van der Waals surface area contributed by atoms with Gasteiger partial charge in [-0.3, -0.25) is 14.2 Å². The van der Waals surface area contributed by atoms with E-state index in [0.717, 1.165) is 10.4 Å². The quantitative estimate of drug-likeness (QED) is 0.373. The molecular formula is C21H23F2N3O3S2. The Morgan fingerprint density at radius 3 is 2.42 bits per heavy atom. The van der Waals surface area contributed by atoms with Gasteiger partial charge in [0.15, 0.2) is 5.16 Å². The molecule has 1 amide bonds. The van der Waals surface area contributed by atoms with Crippen LogP contribution in [-0.4, -0.2) is 27.3 Å². The zero-order valence-corrected chi connectivity index (χ0v) is 19.4. The molecule has 2 heterocycles. The third kappa shape index (κ3) is 5.07. The summed E-state index contributed by atoms with van der Waals surface area (Å²) in [4.78, 5) is 32.2. The molecule has 1 atom stereocenters. The first-order valence-corrected chi connectivity index (χ1v) is 11.3. The molecule has 6 nitrogen and oxygen atoms in total. The predicted molar refractivity (Wildman–Crippen MR) is 121 cm³/mol. The summed E-state index contributed by atoms with van der Waals surface area (Å²) in [6.45, 7) is 6.50. The van der Waals surface area contributed by atoms with Gasteiger partial charge in [0.25, 0.3) is 5.56 Å². The Kier molecular flexibility index (Phi) is 7.00. The zero-order chi connectivity index (χ0) is 22.9. The minimum atomic E-state index is -2.91. The summed E-state index contributed by atoms with van der Waals surface area (Å²) in [5.41, 5.74) is 1.29. The fourth-order valence-corrected chi connectivity index (χ4v) is 5.11. The molecule has 1 N–H and O–H groups in total. The lowest BCUT2D eigenvalue weighted by molar-refractivity contribution is -0.115.